The maximum atomic E-state index is 4.57. The van der Waals surface area contributed by atoms with E-state index in [1.165, 1.54) is 12.8 Å². The Morgan fingerprint density at radius 3 is 2.38 bits per heavy atom. The molecule has 1 heterocycles. The second-order valence-corrected chi connectivity index (χ2v) is 7.43. The van der Waals surface area contributed by atoms with Gasteiger partial charge in [-0.1, -0.05) is 43.4 Å². The summed E-state index contributed by atoms with van der Waals surface area (Å²) < 4.78 is 0. The van der Waals surface area contributed by atoms with Crippen LogP contribution in [0.2, 0.25) is 0 Å². The molecule has 0 atom stereocenters. The molecule has 0 saturated heterocycles. The SMILES string of the molecule is C=C1CCCCC/C=C\C=C/1Nc1nc(Nc2ccccc2)nc(NC(C)C)n1. The summed E-state index contributed by atoms with van der Waals surface area (Å²) in [6.45, 7) is 8.37. The Bertz CT molecular complexity index is 870. The monoisotopic (exact) mass is 390 g/mol. The van der Waals surface area contributed by atoms with E-state index in [1.807, 2.05) is 30.3 Å². The van der Waals surface area contributed by atoms with E-state index in [0.29, 0.717) is 17.8 Å². The molecule has 1 aromatic heterocycles. The molecule has 0 saturated carbocycles. The average Bonchev–Trinajstić information content (AvgIpc) is 2.69. The van der Waals surface area contributed by atoms with Gasteiger partial charge >= 0.3 is 0 Å². The van der Waals surface area contributed by atoms with Gasteiger partial charge in [-0.25, -0.2) is 0 Å². The van der Waals surface area contributed by atoms with Crippen molar-refractivity contribution in [3.63, 3.8) is 0 Å². The van der Waals surface area contributed by atoms with Gasteiger partial charge in [0.1, 0.15) is 0 Å². The maximum Gasteiger partial charge on any atom is 0.233 e. The normalized spacial score (nSPS) is 17.9. The topological polar surface area (TPSA) is 74.8 Å². The van der Waals surface area contributed by atoms with Gasteiger partial charge in [0.2, 0.25) is 17.8 Å². The summed E-state index contributed by atoms with van der Waals surface area (Å²) in [5.74, 6) is 1.50. The molecule has 0 radical (unpaired) electrons. The highest BCUT2D eigenvalue weighted by Gasteiger charge is 2.11. The zero-order valence-corrected chi connectivity index (χ0v) is 17.3. The first kappa shape index (κ1) is 20.6. The quantitative estimate of drug-likeness (QED) is 0.578. The molecule has 2 aromatic rings. The van der Waals surface area contributed by atoms with Crippen molar-refractivity contribution < 1.29 is 0 Å². The van der Waals surface area contributed by atoms with Crippen LogP contribution in [-0.4, -0.2) is 21.0 Å². The van der Waals surface area contributed by atoms with Crippen LogP contribution in [-0.2, 0) is 0 Å². The number of hydrogen-bond donors (Lipinski definition) is 3. The first-order valence-electron chi connectivity index (χ1n) is 10.3. The van der Waals surface area contributed by atoms with E-state index in [-0.39, 0.29) is 6.04 Å². The summed E-state index contributed by atoms with van der Waals surface area (Å²) in [5, 5.41) is 9.87. The third-order valence-corrected chi connectivity index (χ3v) is 4.46. The lowest BCUT2D eigenvalue weighted by Crippen LogP contribution is -2.16. The summed E-state index contributed by atoms with van der Waals surface area (Å²) >= 11 is 0. The first-order valence-corrected chi connectivity index (χ1v) is 10.3. The number of para-hydroxylation sites is 1. The largest absolute Gasteiger partial charge is 0.352 e. The van der Waals surface area contributed by atoms with E-state index in [4.69, 9.17) is 0 Å². The molecule has 6 nitrogen and oxygen atoms in total. The third-order valence-electron chi connectivity index (χ3n) is 4.46. The highest BCUT2D eigenvalue weighted by molar-refractivity contribution is 5.57. The maximum absolute atomic E-state index is 4.57. The van der Waals surface area contributed by atoms with Crippen LogP contribution in [0.3, 0.4) is 0 Å². The molecular weight excluding hydrogens is 360 g/mol. The van der Waals surface area contributed by atoms with Gasteiger partial charge in [0, 0.05) is 17.4 Å². The summed E-state index contributed by atoms with van der Waals surface area (Å²) in [4.78, 5) is 13.6. The molecule has 3 N–H and O–H groups in total. The van der Waals surface area contributed by atoms with E-state index < -0.39 is 0 Å². The fourth-order valence-corrected chi connectivity index (χ4v) is 3.00. The van der Waals surface area contributed by atoms with Crippen molar-refractivity contribution in [3.05, 3.63) is 66.4 Å². The predicted molar refractivity (Wildman–Crippen MR) is 121 cm³/mol. The summed E-state index contributed by atoms with van der Waals surface area (Å²) in [5.41, 5.74) is 2.92. The van der Waals surface area contributed by atoms with Gasteiger partial charge in [0.25, 0.3) is 0 Å². The molecule has 29 heavy (non-hydrogen) atoms. The number of hydrogen-bond acceptors (Lipinski definition) is 6. The second-order valence-electron chi connectivity index (χ2n) is 7.43. The Hall–Kier alpha value is -3.15. The molecule has 1 aromatic carbocycles. The van der Waals surface area contributed by atoms with E-state index in [1.54, 1.807) is 0 Å². The lowest BCUT2D eigenvalue weighted by atomic mass is 10.0. The van der Waals surface area contributed by atoms with Gasteiger partial charge in [-0.05, 0) is 63.3 Å². The van der Waals surface area contributed by atoms with Crippen LogP contribution in [0.1, 0.15) is 46.0 Å². The smallest absolute Gasteiger partial charge is 0.233 e. The van der Waals surface area contributed by atoms with E-state index in [9.17, 15) is 0 Å². The van der Waals surface area contributed by atoms with Gasteiger partial charge in [0.05, 0.1) is 0 Å². The Morgan fingerprint density at radius 1 is 0.897 bits per heavy atom. The van der Waals surface area contributed by atoms with Crippen molar-refractivity contribution in [2.75, 3.05) is 16.0 Å². The molecule has 1 aliphatic rings. The Labute approximate surface area is 173 Å². The van der Waals surface area contributed by atoms with Crippen LogP contribution >= 0.6 is 0 Å². The van der Waals surface area contributed by atoms with Crippen molar-refractivity contribution in [2.24, 2.45) is 0 Å². The van der Waals surface area contributed by atoms with Gasteiger partial charge in [-0.15, -0.1) is 0 Å². The van der Waals surface area contributed by atoms with Gasteiger partial charge < -0.3 is 16.0 Å². The van der Waals surface area contributed by atoms with Gasteiger partial charge in [0.15, 0.2) is 0 Å². The lowest BCUT2D eigenvalue weighted by Gasteiger charge is -2.16. The first-order chi connectivity index (χ1) is 14.1. The number of benzene rings is 1. The van der Waals surface area contributed by atoms with Crippen molar-refractivity contribution >= 4 is 23.5 Å². The van der Waals surface area contributed by atoms with E-state index in [2.05, 4.69) is 69.6 Å². The molecule has 0 spiro atoms. The van der Waals surface area contributed by atoms with Crippen molar-refractivity contribution in [1.82, 2.24) is 15.0 Å². The van der Waals surface area contributed by atoms with Crippen LogP contribution in [0, 0.1) is 0 Å². The molecule has 0 unspecified atom stereocenters. The minimum absolute atomic E-state index is 0.209. The molecule has 6 heteroatoms. The van der Waals surface area contributed by atoms with Crippen molar-refractivity contribution in [1.29, 1.82) is 0 Å². The second kappa shape index (κ2) is 10.4. The fourth-order valence-electron chi connectivity index (χ4n) is 3.00. The zero-order valence-electron chi connectivity index (χ0n) is 17.3. The predicted octanol–water partition coefficient (Wildman–Crippen LogP) is 5.81. The summed E-state index contributed by atoms with van der Waals surface area (Å²) in [7, 11) is 0. The highest BCUT2D eigenvalue weighted by atomic mass is 15.3. The van der Waals surface area contributed by atoms with Crippen LogP contribution in [0.25, 0.3) is 0 Å². The fraction of sp³-hybridized carbons (Fsp3) is 0.348. The van der Waals surface area contributed by atoms with Crippen molar-refractivity contribution in [2.45, 2.75) is 52.0 Å². The van der Waals surface area contributed by atoms with Crippen LogP contribution < -0.4 is 16.0 Å². The Kier molecular flexibility index (Phi) is 7.39. The molecule has 0 aliphatic heterocycles. The van der Waals surface area contributed by atoms with Crippen LogP contribution in [0.5, 0.6) is 0 Å². The molecule has 3 rings (SSSR count). The number of rotatable bonds is 6. The van der Waals surface area contributed by atoms with Crippen LogP contribution in [0.4, 0.5) is 23.5 Å². The van der Waals surface area contributed by atoms with Gasteiger partial charge in [-0.3, -0.25) is 0 Å². The zero-order chi connectivity index (χ0) is 20.5. The number of allylic oxidation sites excluding steroid dienone is 4. The summed E-state index contributed by atoms with van der Waals surface area (Å²) in [6.07, 6.45) is 12.0. The molecule has 0 bridgehead atoms. The Morgan fingerprint density at radius 2 is 1.62 bits per heavy atom. The third kappa shape index (κ3) is 6.75. The molecule has 0 amide bonds. The minimum atomic E-state index is 0.209. The lowest BCUT2D eigenvalue weighted by molar-refractivity contribution is 0.685. The Balaban J connectivity index is 1.87. The molecule has 0 fully saturated rings. The molecular formula is C23H30N6. The highest BCUT2D eigenvalue weighted by Crippen LogP contribution is 2.21. The summed E-state index contributed by atoms with van der Waals surface area (Å²) in [6, 6.07) is 10.1. The average molecular weight is 391 g/mol. The van der Waals surface area contributed by atoms with E-state index >= 15 is 0 Å². The number of nitrogens with zero attached hydrogens (tertiary/aromatic N) is 3. The van der Waals surface area contributed by atoms with Gasteiger partial charge in [-0.2, -0.15) is 15.0 Å². The molecule has 1 aliphatic carbocycles. The number of aromatic nitrogens is 3. The van der Waals surface area contributed by atoms with E-state index in [0.717, 1.165) is 36.2 Å². The number of anilines is 4. The number of nitrogens with one attached hydrogen (secondary N) is 3. The molecule has 152 valence electrons. The minimum Gasteiger partial charge on any atom is -0.352 e. The van der Waals surface area contributed by atoms with Crippen molar-refractivity contribution in [3.8, 4) is 0 Å². The standard InChI is InChI=1S/C23H30N6/c1-17(2)24-21-27-22(25-19-14-10-8-11-15-19)29-23(28-21)26-20-16-12-7-5-4-6-9-13-18(20)3/h7-8,10-12,14-17H,3-6,9,13H2,1-2H3,(H3,24,25,26,27,28,29)/b12-7-,20-16+. The van der Waals surface area contributed by atoms with Crippen LogP contribution in [0.15, 0.2) is 66.4 Å².